The van der Waals surface area contributed by atoms with Crippen LogP contribution in [0.25, 0.3) is 0 Å². The first-order chi connectivity index (χ1) is 18.4. The Hall–Kier alpha value is -3.50. The average Bonchev–Trinajstić information content (AvgIpc) is 3.06. The van der Waals surface area contributed by atoms with Gasteiger partial charge in [0.15, 0.2) is 0 Å². The van der Waals surface area contributed by atoms with Gasteiger partial charge in [-0.05, 0) is 56.2 Å². The summed E-state index contributed by atoms with van der Waals surface area (Å²) in [4.78, 5) is 41.9. The third kappa shape index (κ3) is 6.57. The van der Waals surface area contributed by atoms with Gasteiger partial charge in [-0.25, -0.2) is 12.7 Å². The summed E-state index contributed by atoms with van der Waals surface area (Å²) in [5.74, 6) is -1.81. The number of carbonyl (C=O) groups is 3. The number of sulfonamides is 1. The van der Waals surface area contributed by atoms with E-state index in [0.29, 0.717) is 4.31 Å². The minimum Gasteiger partial charge on any atom is -0.350 e. The summed E-state index contributed by atoms with van der Waals surface area (Å²) in [7, 11) is -4.21. The predicted molar refractivity (Wildman–Crippen MR) is 151 cm³/mol. The van der Waals surface area contributed by atoms with Crippen molar-refractivity contribution >= 4 is 43.7 Å². The van der Waals surface area contributed by atoms with Crippen molar-refractivity contribution in [3.8, 4) is 0 Å². The van der Waals surface area contributed by atoms with Gasteiger partial charge in [0, 0.05) is 23.0 Å². The lowest BCUT2D eigenvalue weighted by atomic mass is 10.0. The van der Waals surface area contributed by atoms with Crippen LogP contribution < -0.4 is 5.32 Å². The van der Waals surface area contributed by atoms with Crippen LogP contribution in [0.3, 0.4) is 0 Å². The summed E-state index contributed by atoms with van der Waals surface area (Å²) >= 11 is 3.44. The summed E-state index contributed by atoms with van der Waals surface area (Å²) in [6, 6.07) is 21.5. The molecule has 3 aromatic carbocycles. The van der Waals surface area contributed by atoms with Gasteiger partial charge >= 0.3 is 0 Å². The van der Waals surface area contributed by atoms with Crippen molar-refractivity contribution in [2.24, 2.45) is 0 Å². The molecule has 0 aromatic heterocycles. The van der Waals surface area contributed by atoms with Crippen LogP contribution in [0.15, 0.2) is 88.2 Å². The number of nitrogens with one attached hydrogen (secondary N) is 1. The van der Waals surface area contributed by atoms with E-state index in [2.05, 4.69) is 21.2 Å². The first kappa shape index (κ1) is 28.5. The van der Waals surface area contributed by atoms with Crippen LogP contribution in [-0.2, 0) is 32.6 Å². The number of carbonyl (C=O) groups excluding carboxylic acids is 3. The summed E-state index contributed by atoms with van der Waals surface area (Å²) in [6.45, 7) is 4.84. The Morgan fingerprint density at radius 2 is 1.59 bits per heavy atom. The van der Waals surface area contributed by atoms with E-state index in [1.54, 1.807) is 6.07 Å². The molecule has 1 aliphatic heterocycles. The van der Waals surface area contributed by atoms with Gasteiger partial charge in [0.2, 0.25) is 11.8 Å². The molecule has 0 spiro atoms. The lowest BCUT2D eigenvalue weighted by Crippen LogP contribution is -2.56. The van der Waals surface area contributed by atoms with Crippen molar-refractivity contribution in [2.75, 3.05) is 6.54 Å². The van der Waals surface area contributed by atoms with Gasteiger partial charge in [-0.3, -0.25) is 14.4 Å². The molecule has 4 rings (SSSR count). The van der Waals surface area contributed by atoms with E-state index in [9.17, 15) is 22.8 Å². The Kier molecular flexibility index (Phi) is 8.27. The lowest BCUT2D eigenvalue weighted by Gasteiger charge is -2.34. The first-order valence-corrected chi connectivity index (χ1v) is 14.7. The van der Waals surface area contributed by atoms with Gasteiger partial charge in [-0.15, -0.1) is 0 Å². The van der Waals surface area contributed by atoms with E-state index < -0.39 is 40.0 Å². The number of hydrogen-bond donors (Lipinski definition) is 1. The highest BCUT2D eigenvalue weighted by Gasteiger charge is 2.43. The Bertz CT molecular complexity index is 1500. The maximum Gasteiger partial charge on any atom is 0.269 e. The number of rotatable bonds is 8. The number of hydrogen-bond acceptors (Lipinski definition) is 5. The van der Waals surface area contributed by atoms with Crippen molar-refractivity contribution in [3.63, 3.8) is 0 Å². The molecular weight excluding hydrogens is 582 g/mol. The largest absolute Gasteiger partial charge is 0.350 e. The van der Waals surface area contributed by atoms with E-state index >= 15 is 0 Å². The Morgan fingerprint density at radius 3 is 2.23 bits per heavy atom. The lowest BCUT2D eigenvalue weighted by molar-refractivity contribution is -0.141. The van der Waals surface area contributed by atoms with Gasteiger partial charge in [-0.2, -0.15) is 0 Å². The summed E-state index contributed by atoms with van der Waals surface area (Å²) in [6.07, 6.45) is 0.198. The van der Waals surface area contributed by atoms with Crippen molar-refractivity contribution in [1.82, 2.24) is 14.5 Å². The molecule has 0 bridgehead atoms. The molecule has 1 N–H and O–H groups in total. The summed E-state index contributed by atoms with van der Waals surface area (Å²) in [5, 5.41) is 2.96. The molecule has 0 fully saturated rings. The van der Waals surface area contributed by atoms with E-state index in [4.69, 9.17) is 0 Å². The highest BCUT2D eigenvalue weighted by molar-refractivity contribution is 9.10. The topological polar surface area (TPSA) is 104 Å². The maximum absolute atomic E-state index is 14.0. The molecule has 8 nitrogen and oxygen atoms in total. The molecule has 1 aliphatic rings. The van der Waals surface area contributed by atoms with Crippen LogP contribution in [0.4, 0.5) is 0 Å². The van der Waals surface area contributed by atoms with Crippen molar-refractivity contribution < 1.29 is 22.8 Å². The third-order valence-corrected chi connectivity index (χ3v) is 8.48. The third-order valence-electron chi connectivity index (χ3n) is 6.20. The highest BCUT2D eigenvalue weighted by atomic mass is 79.9. The Balaban J connectivity index is 1.73. The van der Waals surface area contributed by atoms with Crippen LogP contribution in [0.2, 0.25) is 0 Å². The normalized spacial score (nSPS) is 15.0. The molecule has 1 unspecified atom stereocenters. The molecule has 39 heavy (non-hydrogen) atoms. The van der Waals surface area contributed by atoms with Gasteiger partial charge in [-0.1, -0.05) is 70.5 Å². The first-order valence-electron chi connectivity index (χ1n) is 12.4. The van der Waals surface area contributed by atoms with Gasteiger partial charge in [0.25, 0.3) is 15.9 Å². The minimum absolute atomic E-state index is 0.0233. The summed E-state index contributed by atoms with van der Waals surface area (Å²) < 4.78 is 27.8. The van der Waals surface area contributed by atoms with Crippen molar-refractivity contribution in [3.05, 3.63) is 100 Å². The number of nitrogens with zero attached hydrogens (tertiary/aromatic N) is 2. The number of amides is 3. The second-order valence-electron chi connectivity index (χ2n) is 10.4. The zero-order valence-corrected chi connectivity index (χ0v) is 24.3. The molecule has 204 valence electrons. The van der Waals surface area contributed by atoms with E-state index in [-0.39, 0.29) is 29.3 Å². The minimum atomic E-state index is -4.21. The second-order valence-corrected chi connectivity index (χ2v) is 13.2. The van der Waals surface area contributed by atoms with Crippen LogP contribution in [0.1, 0.15) is 42.3 Å². The molecule has 0 saturated heterocycles. The van der Waals surface area contributed by atoms with Crippen LogP contribution in [0.5, 0.6) is 0 Å². The molecule has 1 atom stereocenters. The molecule has 3 aromatic rings. The fraction of sp³-hybridized carbons (Fsp3) is 0.276. The molecular formula is C29H30BrN3O5S. The zero-order chi connectivity index (χ0) is 28.4. The fourth-order valence-electron chi connectivity index (χ4n) is 4.44. The maximum atomic E-state index is 14.0. The predicted octanol–water partition coefficient (Wildman–Crippen LogP) is 4.15. The van der Waals surface area contributed by atoms with Crippen molar-refractivity contribution in [1.29, 1.82) is 0 Å². The Morgan fingerprint density at radius 1 is 0.949 bits per heavy atom. The molecule has 1 heterocycles. The Labute approximate surface area is 237 Å². The monoisotopic (exact) mass is 611 g/mol. The molecule has 0 aliphatic carbocycles. The fourth-order valence-corrected chi connectivity index (χ4v) is 6.40. The van der Waals surface area contributed by atoms with Crippen molar-refractivity contribution in [2.45, 2.75) is 50.2 Å². The molecule has 10 heteroatoms. The van der Waals surface area contributed by atoms with E-state index in [1.165, 1.54) is 23.1 Å². The van der Waals surface area contributed by atoms with Gasteiger partial charge in [0.1, 0.15) is 17.5 Å². The van der Waals surface area contributed by atoms with Gasteiger partial charge < -0.3 is 10.2 Å². The molecule has 3 amide bonds. The number of benzene rings is 3. The second kappa shape index (κ2) is 11.3. The number of fused-ring (bicyclic) bond motifs is 1. The van der Waals surface area contributed by atoms with Gasteiger partial charge in [0.05, 0.1) is 5.56 Å². The van der Waals surface area contributed by atoms with Crippen LogP contribution >= 0.6 is 15.9 Å². The molecule has 0 radical (unpaired) electrons. The van der Waals surface area contributed by atoms with E-state index in [0.717, 1.165) is 15.6 Å². The standard InChI is InChI=1S/C29H30BrN3O5S/c1-29(2,3)31-27(35)24(17-20-10-5-4-6-11-20)32(18-21-12-9-13-22(30)16-21)26(34)19-33-28(36)23-14-7-8-15-25(23)39(33,37)38/h4-16,24H,17-19H2,1-3H3,(H,31,35). The zero-order valence-electron chi connectivity index (χ0n) is 21.9. The summed E-state index contributed by atoms with van der Waals surface area (Å²) in [5.41, 5.74) is 1.01. The smallest absolute Gasteiger partial charge is 0.269 e. The SMILES string of the molecule is CC(C)(C)NC(=O)C(Cc1ccccc1)N(Cc1cccc(Br)c1)C(=O)CN1C(=O)c2ccccc2S1(=O)=O. The van der Waals surface area contributed by atoms with Crippen LogP contribution in [-0.4, -0.2) is 53.5 Å². The average molecular weight is 613 g/mol. The quantitative estimate of drug-likeness (QED) is 0.412. The highest BCUT2D eigenvalue weighted by Crippen LogP contribution is 2.30. The molecule has 0 saturated carbocycles. The van der Waals surface area contributed by atoms with Crippen LogP contribution in [0, 0.1) is 0 Å². The van der Waals surface area contributed by atoms with E-state index in [1.807, 2.05) is 75.4 Å². The number of halogens is 1.